The van der Waals surface area contributed by atoms with Gasteiger partial charge in [-0.1, -0.05) is 67.6 Å². The smallest absolute Gasteiger partial charge is 0.282 e. The van der Waals surface area contributed by atoms with Gasteiger partial charge in [0.1, 0.15) is 5.75 Å². The summed E-state index contributed by atoms with van der Waals surface area (Å²) in [6, 6.07) is 23.6. The lowest BCUT2D eigenvalue weighted by atomic mass is 10.0. The molecule has 0 amide bonds. The van der Waals surface area contributed by atoms with Crippen LogP contribution in [0, 0.1) is 0 Å². The Kier molecular flexibility index (Phi) is 4.90. The molecule has 4 heteroatoms. The molecule has 0 bridgehead atoms. The molecule has 1 aliphatic rings. The average molecular weight is 378 g/mol. The second-order valence-corrected chi connectivity index (χ2v) is 9.35. The molecule has 0 aliphatic carbocycles. The summed E-state index contributed by atoms with van der Waals surface area (Å²) in [4.78, 5) is 0. The van der Waals surface area contributed by atoms with Crippen molar-refractivity contribution in [3.8, 4) is 16.9 Å². The maximum atomic E-state index is 13.8. The van der Waals surface area contributed by atoms with Crippen LogP contribution < -0.4 is 9.83 Å². The first-order valence-electron chi connectivity index (χ1n) is 9.32. The average Bonchev–Trinajstić information content (AvgIpc) is 2.69. The van der Waals surface area contributed by atoms with E-state index in [-0.39, 0.29) is 6.10 Å². The van der Waals surface area contributed by atoms with Gasteiger partial charge in [0.15, 0.2) is 0 Å². The molecule has 0 fully saturated rings. The van der Waals surface area contributed by atoms with E-state index in [4.69, 9.17) is 4.52 Å². The molecule has 1 aliphatic heterocycles. The summed E-state index contributed by atoms with van der Waals surface area (Å²) in [5.41, 5.74) is 4.04. The minimum Gasteiger partial charge on any atom is -0.439 e. The Hall–Kier alpha value is -2.35. The van der Waals surface area contributed by atoms with Crippen LogP contribution in [0.5, 0.6) is 5.75 Å². The molecule has 2 atom stereocenters. The minimum absolute atomic E-state index is 0.320. The van der Waals surface area contributed by atoms with Crippen LogP contribution in [0.4, 0.5) is 0 Å². The summed E-state index contributed by atoms with van der Waals surface area (Å²) >= 11 is 0. The van der Waals surface area contributed by atoms with Crippen LogP contribution in [0.2, 0.25) is 0 Å². The van der Waals surface area contributed by atoms with Crippen molar-refractivity contribution in [3.05, 3.63) is 83.9 Å². The standard InChI is InChI=1S/C23H23O3P/c1-2-19(24)15-17-11-13-18(14-12-17)16-27(25)23-10-6-4-8-21(23)20-7-3-5-9-22(20)26-27/h3-14,19,24H,2,15-16H2,1H3. The molecule has 4 rings (SSSR count). The molecule has 0 spiro atoms. The van der Waals surface area contributed by atoms with E-state index in [1.807, 2.05) is 79.7 Å². The fraction of sp³-hybridized carbons (Fsp3) is 0.217. The number of benzene rings is 3. The van der Waals surface area contributed by atoms with Crippen LogP contribution in [-0.2, 0) is 17.1 Å². The topological polar surface area (TPSA) is 46.5 Å². The summed E-state index contributed by atoms with van der Waals surface area (Å²) in [7, 11) is -3.06. The van der Waals surface area contributed by atoms with Crippen molar-refractivity contribution in [2.24, 2.45) is 0 Å². The van der Waals surface area contributed by atoms with Gasteiger partial charge < -0.3 is 9.63 Å². The lowest BCUT2D eigenvalue weighted by molar-refractivity contribution is 0.171. The molecule has 3 aromatic carbocycles. The molecule has 3 nitrogen and oxygen atoms in total. The quantitative estimate of drug-likeness (QED) is 0.624. The Morgan fingerprint density at radius 2 is 1.52 bits per heavy atom. The van der Waals surface area contributed by atoms with Gasteiger partial charge in [-0.15, -0.1) is 0 Å². The lowest BCUT2D eigenvalue weighted by Crippen LogP contribution is -2.18. The number of rotatable bonds is 5. The van der Waals surface area contributed by atoms with Gasteiger partial charge in [0, 0.05) is 5.56 Å². The van der Waals surface area contributed by atoms with E-state index in [9.17, 15) is 9.67 Å². The molecule has 1 heterocycles. The second-order valence-electron chi connectivity index (χ2n) is 7.02. The Bertz CT molecular complexity index is 995. The van der Waals surface area contributed by atoms with Gasteiger partial charge in [0.25, 0.3) is 7.37 Å². The number of fused-ring (bicyclic) bond motifs is 3. The summed E-state index contributed by atoms with van der Waals surface area (Å²) in [5.74, 6) is 0.683. The second kappa shape index (κ2) is 7.34. The molecular formula is C23H23O3P. The van der Waals surface area contributed by atoms with Crippen molar-refractivity contribution in [2.75, 3.05) is 0 Å². The normalized spacial score (nSPS) is 18.9. The molecular weight excluding hydrogens is 355 g/mol. The molecule has 0 saturated heterocycles. The minimum atomic E-state index is -3.06. The maximum Gasteiger partial charge on any atom is 0.282 e. The maximum absolute atomic E-state index is 13.8. The van der Waals surface area contributed by atoms with E-state index < -0.39 is 7.37 Å². The van der Waals surface area contributed by atoms with Gasteiger partial charge in [-0.25, -0.2) is 0 Å². The molecule has 2 unspecified atom stereocenters. The highest BCUT2D eigenvalue weighted by Crippen LogP contribution is 2.56. The Morgan fingerprint density at radius 3 is 2.26 bits per heavy atom. The summed E-state index contributed by atoms with van der Waals surface area (Å²) in [5, 5.41) is 10.6. The van der Waals surface area contributed by atoms with Crippen LogP contribution >= 0.6 is 7.37 Å². The van der Waals surface area contributed by atoms with Gasteiger partial charge in [0.2, 0.25) is 0 Å². The van der Waals surface area contributed by atoms with Crippen LogP contribution in [0.3, 0.4) is 0 Å². The van der Waals surface area contributed by atoms with Crippen molar-refractivity contribution < 1.29 is 14.2 Å². The third-order valence-corrected chi connectivity index (χ3v) is 7.45. The van der Waals surface area contributed by atoms with Crippen LogP contribution in [0.15, 0.2) is 72.8 Å². The van der Waals surface area contributed by atoms with E-state index in [1.165, 1.54) is 0 Å². The number of hydrogen-bond donors (Lipinski definition) is 1. The fourth-order valence-electron chi connectivity index (χ4n) is 3.53. The summed E-state index contributed by atoms with van der Waals surface area (Å²) < 4.78 is 19.9. The van der Waals surface area contributed by atoms with Crippen molar-refractivity contribution in [1.82, 2.24) is 0 Å². The third-order valence-electron chi connectivity index (χ3n) is 5.05. The number of para-hydroxylation sites is 1. The monoisotopic (exact) mass is 378 g/mol. The van der Waals surface area contributed by atoms with Crippen LogP contribution in [0.1, 0.15) is 24.5 Å². The predicted octanol–water partition coefficient (Wildman–Crippen LogP) is 5.16. The molecule has 0 radical (unpaired) electrons. The summed E-state index contributed by atoms with van der Waals surface area (Å²) in [6.45, 7) is 1.97. The highest BCUT2D eigenvalue weighted by molar-refractivity contribution is 7.67. The highest BCUT2D eigenvalue weighted by Gasteiger charge is 2.35. The highest BCUT2D eigenvalue weighted by atomic mass is 31.2. The van der Waals surface area contributed by atoms with Gasteiger partial charge in [0.05, 0.1) is 17.6 Å². The molecule has 27 heavy (non-hydrogen) atoms. The molecule has 0 saturated carbocycles. The van der Waals surface area contributed by atoms with Crippen molar-refractivity contribution in [1.29, 1.82) is 0 Å². The summed E-state index contributed by atoms with van der Waals surface area (Å²) in [6.07, 6.45) is 1.41. The van der Waals surface area contributed by atoms with Crippen LogP contribution in [-0.4, -0.2) is 11.2 Å². The predicted molar refractivity (Wildman–Crippen MR) is 110 cm³/mol. The molecule has 1 N–H and O–H groups in total. The van der Waals surface area contributed by atoms with Crippen molar-refractivity contribution in [2.45, 2.75) is 32.0 Å². The first-order valence-corrected chi connectivity index (χ1v) is 11.1. The zero-order valence-corrected chi connectivity index (χ0v) is 16.2. The fourth-order valence-corrected chi connectivity index (χ4v) is 5.91. The Morgan fingerprint density at radius 1 is 0.889 bits per heavy atom. The number of hydrogen-bond acceptors (Lipinski definition) is 3. The van der Waals surface area contributed by atoms with E-state index in [0.29, 0.717) is 18.3 Å². The lowest BCUT2D eigenvalue weighted by Gasteiger charge is -2.28. The number of aliphatic hydroxyl groups excluding tert-OH is 1. The molecule has 138 valence electrons. The zero-order valence-electron chi connectivity index (χ0n) is 15.3. The molecule has 0 aromatic heterocycles. The first kappa shape index (κ1) is 18.0. The van der Waals surface area contributed by atoms with E-state index in [0.717, 1.165) is 34.0 Å². The van der Waals surface area contributed by atoms with E-state index >= 15 is 0 Å². The largest absolute Gasteiger partial charge is 0.439 e. The molecule has 3 aromatic rings. The van der Waals surface area contributed by atoms with Gasteiger partial charge in [-0.3, -0.25) is 4.57 Å². The van der Waals surface area contributed by atoms with E-state index in [1.54, 1.807) is 0 Å². The van der Waals surface area contributed by atoms with Gasteiger partial charge >= 0.3 is 0 Å². The Labute approximate surface area is 160 Å². The van der Waals surface area contributed by atoms with Crippen molar-refractivity contribution in [3.63, 3.8) is 0 Å². The van der Waals surface area contributed by atoms with E-state index in [2.05, 4.69) is 0 Å². The Balaban J connectivity index is 1.65. The third kappa shape index (κ3) is 3.58. The zero-order chi connectivity index (χ0) is 18.9. The van der Waals surface area contributed by atoms with Gasteiger partial charge in [-0.2, -0.15) is 0 Å². The van der Waals surface area contributed by atoms with Crippen molar-refractivity contribution >= 4 is 12.7 Å². The van der Waals surface area contributed by atoms with Gasteiger partial charge in [-0.05, 0) is 41.7 Å². The SMILES string of the molecule is CCC(O)Cc1ccc(CP2(=O)Oc3ccccc3-c3ccccc32)cc1. The first-order chi connectivity index (χ1) is 13.1. The van der Waals surface area contributed by atoms with Crippen LogP contribution in [0.25, 0.3) is 11.1 Å². The number of aliphatic hydroxyl groups is 1.